The molecule has 1 N–H and O–H groups in total. The van der Waals surface area contributed by atoms with Crippen molar-refractivity contribution in [1.82, 2.24) is 14.9 Å². The molecule has 24 heavy (non-hydrogen) atoms. The fourth-order valence-electron chi connectivity index (χ4n) is 4.57. The average Bonchev–Trinajstić information content (AvgIpc) is 2.91. The lowest BCUT2D eigenvalue weighted by molar-refractivity contribution is 0.142. The van der Waals surface area contributed by atoms with Crippen LogP contribution in [-0.4, -0.2) is 34.5 Å². The highest BCUT2D eigenvalue weighted by atomic mass is 32.1. The normalized spacial score (nSPS) is 25.1. The molecule has 4 rings (SSSR count). The van der Waals surface area contributed by atoms with E-state index in [4.69, 9.17) is 4.98 Å². The quantitative estimate of drug-likeness (QED) is 0.928. The molecule has 0 spiro atoms. The molecule has 0 amide bonds. The summed E-state index contributed by atoms with van der Waals surface area (Å²) in [5.41, 5.74) is 1.36. The topological polar surface area (TPSA) is 49.0 Å². The summed E-state index contributed by atoms with van der Waals surface area (Å²) in [5.74, 6) is 2.40. The van der Waals surface area contributed by atoms with Crippen LogP contribution in [0.5, 0.6) is 0 Å². The van der Waals surface area contributed by atoms with E-state index in [9.17, 15) is 4.79 Å². The highest BCUT2D eigenvalue weighted by Crippen LogP contribution is 2.33. The summed E-state index contributed by atoms with van der Waals surface area (Å²) in [6.45, 7) is 8.01. The summed E-state index contributed by atoms with van der Waals surface area (Å²) in [6, 6.07) is 0. The fraction of sp³-hybridized carbons (Fsp3) is 0.684. The van der Waals surface area contributed by atoms with E-state index in [1.807, 2.05) is 0 Å². The molecule has 4 nitrogen and oxygen atoms in total. The minimum absolute atomic E-state index is 0.0785. The van der Waals surface area contributed by atoms with E-state index in [2.05, 4.69) is 23.7 Å². The number of H-pyrrole nitrogens is 1. The minimum Gasteiger partial charge on any atom is -0.310 e. The van der Waals surface area contributed by atoms with Crippen LogP contribution in [0.3, 0.4) is 0 Å². The molecule has 1 saturated heterocycles. The number of hydrogen-bond acceptors (Lipinski definition) is 4. The van der Waals surface area contributed by atoms with Crippen LogP contribution in [0.2, 0.25) is 0 Å². The molecular formula is C19H27N3OS. The fourth-order valence-corrected chi connectivity index (χ4v) is 5.85. The zero-order chi connectivity index (χ0) is 16.7. The van der Waals surface area contributed by atoms with Crippen molar-refractivity contribution < 1.29 is 0 Å². The number of rotatable bonds is 3. The zero-order valence-electron chi connectivity index (χ0n) is 14.7. The second-order valence-electron chi connectivity index (χ2n) is 7.86. The van der Waals surface area contributed by atoms with Crippen molar-refractivity contribution in [1.29, 1.82) is 0 Å². The van der Waals surface area contributed by atoms with Crippen LogP contribution in [0, 0.1) is 11.8 Å². The minimum atomic E-state index is 0.0785. The van der Waals surface area contributed by atoms with Crippen molar-refractivity contribution in [3.63, 3.8) is 0 Å². The maximum absolute atomic E-state index is 12.6. The van der Waals surface area contributed by atoms with Gasteiger partial charge in [-0.25, -0.2) is 4.98 Å². The summed E-state index contributed by atoms with van der Waals surface area (Å²) in [5, 5.41) is 0.874. The van der Waals surface area contributed by atoms with Gasteiger partial charge in [-0.15, -0.1) is 11.3 Å². The first-order chi connectivity index (χ1) is 11.6. The van der Waals surface area contributed by atoms with Crippen LogP contribution in [0.4, 0.5) is 0 Å². The van der Waals surface area contributed by atoms with Gasteiger partial charge in [0.25, 0.3) is 5.56 Å². The molecule has 0 radical (unpaired) electrons. The number of aromatic amines is 1. The monoisotopic (exact) mass is 345 g/mol. The average molecular weight is 346 g/mol. The molecule has 130 valence electrons. The maximum Gasteiger partial charge on any atom is 0.259 e. The Morgan fingerprint density at radius 2 is 1.96 bits per heavy atom. The Balaban J connectivity index is 1.54. The van der Waals surface area contributed by atoms with Gasteiger partial charge in [-0.05, 0) is 49.5 Å². The van der Waals surface area contributed by atoms with Gasteiger partial charge in [-0.3, -0.25) is 4.79 Å². The summed E-state index contributed by atoms with van der Waals surface area (Å²) in [6.07, 6.45) is 6.78. The van der Waals surface area contributed by atoms with Crippen molar-refractivity contribution in [2.45, 2.75) is 52.4 Å². The Hall–Kier alpha value is -1.20. The van der Waals surface area contributed by atoms with Crippen molar-refractivity contribution in [3.05, 3.63) is 26.6 Å². The maximum atomic E-state index is 12.6. The molecule has 2 unspecified atom stereocenters. The molecule has 0 bridgehead atoms. The molecule has 2 aromatic heterocycles. The number of piperidine rings is 1. The zero-order valence-corrected chi connectivity index (χ0v) is 15.5. The molecule has 3 heterocycles. The molecule has 2 atom stereocenters. The van der Waals surface area contributed by atoms with Gasteiger partial charge in [0.1, 0.15) is 10.7 Å². The SMILES string of the molecule is CC1CC(C)CN(CCc2nc3sc4c(c3c(=O)[nH]2)CCCC4)C1. The first kappa shape index (κ1) is 16.3. The van der Waals surface area contributed by atoms with Crippen LogP contribution in [-0.2, 0) is 19.3 Å². The van der Waals surface area contributed by atoms with Gasteiger partial charge in [0.2, 0.25) is 0 Å². The predicted octanol–water partition coefficient (Wildman–Crippen LogP) is 3.38. The molecule has 2 aliphatic rings. The third-order valence-electron chi connectivity index (χ3n) is 5.48. The lowest BCUT2D eigenvalue weighted by Gasteiger charge is -2.34. The number of aryl methyl sites for hydroxylation is 2. The van der Waals surface area contributed by atoms with Crippen LogP contribution < -0.4 is 5.56 Å². The van der Waals surface area contributed by atoms with E-state index in [0.29, 0.717) is 0 Å². The second kappa shape index (κ2) is 6.60. The highest BCUT2D eigenvalue weighted by molar-refractivity contribution is 7.18. The molecule has 1 fully saturated rings. The van der Waals surface area contributed by atoms with Gasteiger partial charge in [0.15, 0.2) is 0 Å². The van der Waals surface area contributed by atoms with Crippen LogP contribution in [0.25, 0.3) is 10.2 Å². The molecular weight excluding hydrogens is 318 g/mol. The van der Waals surface area contributed by atoms with E-state index >= 15 is 0 Å². The Kier molecular flexibility index (Phi) is 4.48. The number of likely N-dealkylation sites (tertiary alicyclic amines) is 1. The Labute approximate surface area is 147 Å². The summed E-state index contributed by atoms with van der Waals surface area (Å²) >= 11 is 1.75. The lowest BCUT2D eigenvalue weighted by atomic mass is 9.92. The van der Waals surface area contributed by atoms with Gasteiger partial charge in [0.05, 0.1) is 5.39 Å². The second-order valence-corrected chi connectivity index (χ2v) is 8.94. The van der Waals surface area contributed by atoms with Crippen LogP contribution >= 0.6 is 11.3 Å². The largest absolute Gasteiger partial charge is 0.310 e. The van der Waals surface area contributed by atoms with E-state index in [-0.39, 0.29) is 5.56 Å². The number of fused-ring (bicyclic) bond motifs is 3. The molecule has 0 saturated carbocycles. The van der Waals surface area contributed by atoms with Gasteiger partial charge in [-0.2, -0.15) is 0 Å². The molecule has 0 aromatic carbocycles. The summed E-state index contributed by atoms with van der Waals surface area (Å²) in [4.78, 5) is 25.3. The molecule has 1 aliphatic heterocycles. The van der Waals surface area contributed by atoms with Crippen LogP contribution in [0.1, 0.15) is 49.4 Å². The smallest absolute Gasteiger partial charge is 0.259 e. The molecule has 1 aliphatic carbocycles. The van der Waals surface area contributed by atoms with Crippen molar-refractivity contribution in [2.75, 3.05) is 19.6 Å². The van der Waals surface area contributed by atoms with Gasteiger partial charge < -0.3 is 9.88 Å². The Morgan fingerprint density at radius 3 is 2.75 bits per heavy atom. The Bertz CT molecular complexity index is 784. The number of aromatic nitrogens is 2. The van der Waals surface area contributed by atoms with E-state index in [1.165, 1.54) is 42.8 Å². The summed E-state index contributed by atoms with van der Waals surface area (Å²) in [7, 11) is 0. The van der Waals surface area contributed by atoms with Crippen molar-refractivity contribution in [3.8, 4) is 0 Å². The number of nitrogens with zero attached hydrogens (tertiary/aromatic N) is 2. The first-order valence-electron chi connectivity index (χ1n) is 9.36. The molecule has 5 heteroatoms. The Morgan fingerprint density at radius 1 is 1.21 bits per heavy atom. The molecule has 2 aromatic rings. The van der Waals surface area contributed by atoms with Crippen molar-refractivity contribution in [2.24, 2.45) is 11.8 Å². The van der Waals surface area contributed by atoms with Crippen LogP contribution in [0.15, 0.2) is 4.79 Å². The lowest BCUT2D eigenvalue weighted by Crippen LogP contribution is -2.40. The van der Waals surface area contributed by atoms with E-state index in [1.54, 1.807) is 11.3 Å². The highest BCUT2D eigenvalue weighted by Gasteiger charge is 2.22. The van der Waals surface area contributed by atoms with Gasteiger partial charge in [0, 0.05) is 30.9 Å². The number of hydrogen-bond donors (Lipinski definition) is 1. The van der Waals surface area contributed by atoms with Gasteiger partial charge >= 0.3 is 0 Å². The number of thiophene rings is 1. The number of nitrogens with one attached hydrogen (secondary N) is 1. The predicted molar refractivity (Wildman–Crippen MR) is 100.0 cm³/mol. The third-order valence-corrected chi connectivity index (χ3v) is 6.67. The first-order valence-corrected chi connectivity index (χ1v) is 10.2. The van der Waals surface area contributed by atoms with Gasteiger partial charge in [-0.1, -0.05) is 13.8 Å². The third kappa shape index (κ3) is 3.16. The van der Waals surface area contributed by atoms with E-state index in [0.717, 1.165) is 53.7 Å². The van der Waals surface area contributed by atoms with Crippen molar-refractivity contribution >= 4 is 21.6 Å². The standard InChI is InChI=1S/C19H27N3OS/c1-12-9-13(2)11-22(10-12)8-7-16-20-18(23)17-14-5-3-4-6-15(14)24-19(17)21-16/h12-13H,3-11H2,1-2H3,(H,20,21,23). The van der Waals surface area contributed by atoms with E-state index < -0.39 is 0 Å². The summed E-state index contributed by atoms with van der Waals surface area (Å²) < 4.78 is 0.